The Kier molecular flexibility index (Phi) is 6.36. The Labute approximate surface area is 247 Å². The summed E-state index contributed by atoms with van der Waals surface area (Å²) in [6.45, 7) is 1.78. The predicted octanol–water partition coefficient (Wildman–Crippen LogP) is 8.89. The number of aromatic carboxylic acids is 1. The van der Waals surface area contributed by atoms with E-state index in [4.69, 9.17) is 37.2 Å². The molecule has 1 N–H and O–H groups in total. The molecule has 2 aromatic heterocycles. The number of carbonyl (C=O) groups is 1. The Bertz CT molecular complexity index is 1660. The van der Waals surface area contributed by atoms with E-state index >= 15 is 0 Å². The Balaban J connectivity index is 1.13. The van der Waals surface area contributed by atoms with Gasteiger partial charge in [0.15, 0.2) is 0 Å². The Morgan fingerprint density at radius 3 is 2.34 bits per heavy atom. The highest BCUT2D eigenvalue weighted by Crippen LogP contribution is 2.58. The first-order valence-electron chi connectivity index (χ1n) is 14.1. The van der Waals surface area contributed by atoms with E-state index < -0.39 is 5.97 Å². The van der Waals surface area contributed by atoms with Crippen LogP contribution in [-0.4, -0.2) is 26.4 Å². The van der Waals surface area contributed by atoms with Crippen LogP contribution in [0.25, 0.3) is 28.7 Å². The van der Waals surface area contributed by atoms with Gasteiger partial charge in [-0.1, -0.05) is 57.8 Å². The monoisotopic (exact) mass is 589 g/mol. The highest BCUT2D eigenvalue weighted by molar-refractivity contribution is 6.39. The molecule has 0 aliphatic heterocycles. The van der Waals surface area contributed by atoms with Gasteiger partial charge in [0.2, 0.25) is 11.7 Å². The van der Waals surface area contributed by atoms with Crippen molar-refractivity contribution in [2.24, 2.45) is 5.41 Å². The van der Waals surface area contributed by atoms with Gasteiger partial charge in [-0.15, -0.1) is 0 Å². The molecule has 0 radical (unpaired) electrons. The zero-order valence-electron chi connectivity index (χ0n) is 22.6. The topological polar surface area (TPSA) is 102 Å². The molecule has 4 aromatic rings. The third-order valence-corrected chi connectivity index (χ3v) is 10.0. The SMILES string of the molecule is Cc1cc(-c2noc(C34CCC(C=Cc5c(-c6c(Cl)cccc6Cl)noc5C5CC5)(CC3)CC4)n2)ccc1C(=O)O. The van der Waals surface area contributed by atoms with Gasteiger partial charge in [-0.25, -0.2) is 4.79 Å². The normalized spacial score (nSPS) is 23.9. The molecule has 4 aliphatic carbocycles. The highest BCUT2D eigenvalue weighted by atomic mass is 35.5. The van der Waals surface area contributed by atoms with E-state index in [1.54, 1.807) is 25.1 Å². The van der Waals surface area contributed by atoms with Crippen LogP contribution in [0.4, 0.5) is 0 Å². The zero-order chi connectivity index (χ0) is 28.4. The molecule has 4 fully saturated rings. The van der Waals surface area contributed by atoms with Crippen LogP contribution < -0.4 is 0 Å². The van der Waals surface area contributed by atoms with Gasteiger partial charge in [-0.2, -0.15) is 4.98 Å². The molecule has 0 saturated heterocycles. The number of fused-ring (bicyclic) bond motifs is 3. The van der Waals surface area contributed by atoms with Gasteiger partial charge in [0.25, 0.3) is 0 Å². The van der Waals surface area contributed by atoms with Crippen molar-refractivity contribution in [1.82, 2.24) is 15.3 Å². The largest absolute Gasteiger partial charge is 0.478 e. The lowest BCUT2D eigenvalue weighted by molar-refractivity contribution is 0.0569. The fourth-order valence-electron chi connectivity index (χ4n) is 6.66. The van der Waals surface area contributed by atoms with Gasteiger partial charge < -0.3 is 14.2 Å². The molecule has 41 heavy (non-hydrogen) atoms. The molecule has 210 valence electrons. The summed E-state index contributed by atoms with van der Waals surface area (Å²) in [5.74, 6) is 1.57. The second kappa shape index (κ2) is 9.85. The standard InChI is InChI=1S/C32H29Cl2N3O4/c1-18-17-20(7-8-21(18)29(38)39)28-35-30(41-37-28)32-14-11-31(12-15-32,13-16-32)10-9-22-26(36-40-27(22)19-5-6-19)25-23(33)3-2-4-24(25)34/h2-4,7-10,17,19H,5-6,11-16H2,1H3,(H,38,39). The van der Waals surface area contributed by atoms with E-state index in [-0.39, 0.29) is 16.4 Å². The summed E-state index contributed by atoms with van der Waals surface area (Å²) in [6.07, 6.45) is 12.8. The number of carboxylic acid groups (broad SMARTS) is 1. The van der Waals surface area contributed by atoms with Crippen LogP contribution in [0.5, 0.6) is 0 Å². The van der Waals surface area contributed by atoms with Crippen LogP contribution in [0.3, 0.4) is 0 Å². The van der Waals surface area contributed by atoms with Gasteiger partial charge in [0.1, 0.15) is 11.5 Å². The first-order chi connectivity index (χ1) is 19.8. The van der Waals surface area contributed by atoms with Gasteiger partial charge >= 0.3 is 5.97 Å². The lowest BCUT2D eigenvalue weighted by Crippen LogP contribution is -2.43. The van der Waals surface area contributed by atoms with Crippen molar-refractivity contribution in [3.05, 3.63) is 80.9 Å². The molecule has 0 atom stereocenters. The number of carboxylic acids is 1. The quantitative estimate of drug-likeness (QED) is 0.229. The third kappa shape index (κ3) is 4.59. The Morgan fingerprint density at radius 1 is 1.00 bits per heavy atom. The molecular weight excluding hydrogens is 561 g/mol. The summed E-state index contributed by atoms with van der Waals surface area (Å²) < 4.78 is 11.7. The molecule has 4 saturated carbocycles. The summed E-state index contributed by atoms with van der Waals surface area (Å²) in [4.78, 5) is 16.2. The number of halogens is 2. The number of rotatable bonds is 7. The van der Waals surface area contributed by atoms with Crippen LogP contribution >= 0.6 is 23.2 Å². The van der Waals surface area contributed by atoms with Crippen LogP contribution in [0, 0.1) is 12.3 Å². The van der Waals surface area contributed by atoms with Gasteiger partial charge in [-0.3, -0.25) is 0 Å². The Morgan fingerprint density at radius 2 is 1.71 bits per heavy atom. The molecule has 2 aromatic carbocycles. The van der Waals surface area contributed by atoms with E-state index in [1.165, 1.54) is 0 Å². The molecular formula is C32H29Cl2N3O4. The lowest BCUT2D eigenvalue weighted by Gasteiger charge is -2.50. The van der Waals surface area contributed by atoms with Crippen LogP contribution in [0.2, 0.25) is 10.0 Å². The second-order valence-corrected chi connectivity index (χ2v) is 12.7. The minimum atomic E-state index is -0.944. The summed E-state index contributed by atoms with van der Waals surface area (Å²) in [7, 11) is 0. The average molecular weight is 591 g/mol. The van der Waals surface area contributed by atoms with Gasteiger partial charge in [0.05, 0.1) is 15.6 Å². The molecule has 0 unspecified atom stereocenters. The van der Waals surface area contributed by atoms with Crippen molar-refractivity contribution in [2.45, 2.75) is 69.6 Å². The first kappa shape index (κ1) is 26.5. The zero-order valence-corrected chi connectivity index (χ0v) is 24.1. The number of benzene rings is 2. The smallest absolute Gasteiger partial charge is 0.335 e. The van der Waals surface area contributed by atoms with Crippen molar-refractivity contribution >= 4 is 35.2 Å². The Hall–Kier alpha value is -3.42. The molecule has 7 nitrogen and oxygen atoms in total. The maximum Gasteiger partial charge on any atom is 0.335 e. The third-order valence-electron chi connectivity index (χ3n) is 9.41. The summed E-state index contributed by atoms with van der Waals surface area (Å²) in [6, 6.07) is 10.6. The molecule has 9 heteroatoms. The molecule has 4 aliphatic rings. The van der Waals surface area contributed by atoms with Crippen molar-refractivity contribution < 1.29 is 18.9 Å². The minimum absolute atomic E-state index is 0.0913. The molecule has 2 bridgehead atoms. The number of nitrogens with zero attached hydrogens (tertiary/aromatic N) is 3. The van der Waals surface area contributed by atoms with E-state index in [0.29, 0.717) is 38.9 Å². The summed E-state index contributed by atoms with van der Waals surface area (Å²) in [5, 5.41) is 19.2. The maximum atomic E-state index is 11.4. The number of aromatic nitrogens is 3. The fourth-order valence-corrected chi connectivity index (χ4v) is 7.24. The van der Waals surface area contributed by atoms with E-state index in [9.17, 15) is 9.90 Å². The van der Waals surface area contributed by atoms with Crippen LogP contribution in [0.1, 0.15) is 90.4 Å². The molecule has 2 heterocycles. The van der Waals surface area contributed by atoms with Gasteiger partial charge in [-0.05, 0) is 93.5 Å². The summed E-state index contributed by atoms with van der Waals surface area (Å²) >= 11 is 13.1. The first-order valence-corrected chi connectivity index (χ1v) is 14.8. The number of hydrogen-bond donors (Lipinski definition) is 1. The van der Waals surface area contributed by atoms with Crippen molar-refractivity contribution in [3.8, 4) is 22.6 Å². The molecule has 0 spiro atoms. The number of allylic oxidation sites excluding steroid dienone is 1. The predicted molar refractivity (Wildman–Crippen MR) is 156 cm³/mol. The van der Waals surface area contributed by atoms with Crippen LogP contribution in [0.15, 0.2) is 51.5 Å². The minimum Gasteiger partial charge on any atom is -0.478 e. The van der Waals surface area contributed by atoms with Gasteiger partial charge in [0, 0.05) is 28.0 Å². The van der Waals surface area contributed by atoms with Crippen molar-refractivity contribution in [3.63, 3.8) is 0 Å². The van der Waals surface area contributed by atoms with E-state index in [0.717, 1.165) is 73.8 Å². The molecule has 8 rings (SSSR count). The number of aryl methyl sites for hydroxylation is 1. The fraction of sp³-hybridized carbons (Fsp3) is 0.375. The number of hydrogen-bond acceptors (Lipinski definition) is 6. The average Bonchev–Trinajstić information content (AvgIpc) is 3.53. The van der Waals surface area contributed by atoms with Crippen LogP contribution in [-0.2, 0) is 5.41 Å². The van der Waals surface area contributed by atoms with E-state index in [1.807, 2.05) is 18.2 Å². The highest BCUT2D eigenvalue weighted by Gasteiger charge is 2.51. The molecule has 0 amide bonds. The van der Waals surface area contributed by atoms with E-state index in [2.05, 4.69) is 22.5 Å². The van der Waals surface area contributed by atoms with Crippen molar-refractivity contribution in [1.29, 1.82) is 0 Å². The maximum absolute atomic E-state index is 11.4. The lowest BCUT2D eigenvalue weighted by atomic mass is 9.53. The summed E-state index contributed by atoms with van der Waals surface area (Å²) in [5.41, 5.74) is 4.09. The second-order valence-electron chi connectivity index (χ2n) is 11.9. The van der Waals surface area contributed by atoms with Crippen molar-refractivity contribution in [2.75, 3.05) is 0 Å².